The van der Waals surface area contributed by atoms with Crippen molar-refractivity contribution in [2.75, 3.05) is 52.4 Å². The Kier molecular flexibility index (Phi) is 7.11. The third kappa shape index (κ3) is 4.82. The van der Waals surface area contributed by atoms with E-state index in [0.717, 1.165) is 45.6 Å². The molecule has 5 rings (SSSR count). The standard InChI is InChI=1S/C27H41N5O2/c1-4-34-27(33)30-15-13-29(14-16-30)25-9-11-28-32-19-24(17-26(25)32)22-7-5-21(6-8-22)23-10-12-31(18-23)20(2)3/h5-7,11,17,20,22-25H,4,8-10,12-16,18-19H2,1-3H3/t22?,23-,24?,25?/m1/s1. The maximum absolute atomic E-state index is 12.1. The van der Waals surface area contributed by atoms with Gasteiger partial charge in [-0.25, -0.2) is 4.79 Å². The number of rotatable bonds is 5. The lowest BCUT2D eigenvalue weighted by Crippen LogP contribution is -2.54. The van der Waals surface area contributed by atoms with Crippen LogP contribution >= 0.6 is 0 Å². The van der Waals surface area contributed by atoms with E-state index in [4.69, 9.17) is 9.84 Å². The molecule has 4 atom stereocenters. The molecule has 34 heavy (non-hydrogen) atoms. The molecule has 5 aliphatic rings. The van der Waals surface area contributed by atoms with Crippen LogP contribution in [0.2, 0.25) is 0 Å². The van der Waals surface area contributed by atoms with Crippen LogP contribution in [0.3, 0.4) is 0 Å². The van der Waals surface area contributed by atoms with E-state index in [9.17, 15) is 4.79 Å². The number of hydrogen-bond acceptors (Lipinski definition) is 6. The number of ether oxygens (including phenoxy) is 1. The summed E-state index contributed by atoms with van der Waals surface area (Å²) in [4.78, 5) is 19.0. The molecule has 7 nitrogen and oxygen atoms in total. The van der Waals surface area contributed by atoms with Crippen LogP contribution in [0.25, 0.3) is 0 Å². The zero-order valence-electron chi connectivity index (χ0n) is 21.1. The summed E-state index contributed by atoms with van der Waals surface area (Å²) in [5, 5.41) is 6.97. The minimum absolute atomic E-state index is 0.180. The predicted molar refractivity (Wildman–Crippen MR) is 135 cm³/mol. The first-order chi connectivity index (χ1) is 16.5. The molecule has 4 aliphatic heterocycles. The van der Waals surface area contributed by atoms with Crippen LogP contribution in [0, 0.1) is 17.8 Å². The smallest absolute Gasteiger partial charge is 0.409 e. The molecule has 1 amide bonds. The molecule has 0 bridgehead atoms. The quantitative estimate of drug-likeness (QED) is 0.619. The average molecular weight is 468 g/mol. The lowest BCUT2D eigenvalue weighted by molar-refractivity contribution is 0.0670. The van der Waals surface area contributed by atoms with Crippen LogP contribution in [0.4, 0.5) is 4.79 Å². The molecule has 3 unspecified atom stereocenters. The van der Waals surface area contributed by atoms with E-state index in [-0.39, 0.29) is 6.09 Å². The highest BCUT2D eigenvalue weighted by Crippen LogP contribution is 2.38. The molecule has 0 saturated carbocycles. The predicted octanol–water partition coefficient (Wildman–Crippen LogP) is 3.57. The van der Waals surface area contributed by atoms with Gasteiger partial charge < -0.3 is 14.5 Å². The fourth-order valence-electron chi connectivity index (χ4n) is 6.25. The first-order valence-electron chi connectivity index (χ1n) is 13.3. The Balaban J connectivity index is 1.18. The molecule has 4 heterocycles. The van der Waals surface area contributed by atoms with Crippen molar-refractivity contribution in [2.24, 2.45) is 22.9 Å². The molecule has 0 aromatic heterocycles. The number of likely N-dealkylation sites (tertiary alicyclic amines) is 1. The molecule has 186 valence electrons. The van der Waals surface area contributed by atoms with Gasteiger partial charge in [0.25, 0.3) is 0 Å². The monoisotopic (exact) mass is 467 g/mol. The number of carbonyl (C=O) groups is 1. The van der Waals surface area contributed by atoms with E-state index in [2.05, 4.69) is 59.2 Å². The van der Waals surface area contributed by atoms with Gasteiger partial charge in [0.15, 0.2) is 0 Å². The summed E-state index contributed by atoms with van der Waals surface area (Å²) in [5.74, 6) is 1.77. The van der Waals surface area contributed by atoms with Crippen molar-refractivity contribution in [3.63, 3.8) is 0 Å². The van der Waals surface area contributed by atoms with E-state index in [1.807, 2.05) is 11.8 Å². The number of hydrazone groups is 1. The van der Waals surface area contributed by atoms with E-state index in [1.54, 1.807) is 5.57 Å². The summed E-state index contributed by atoms with van der Waals surface area (Å²) in [6.45, 7) is 13.6. The molecular formula is C27H41N5O2. The van der Waals surface area contributed by atoms with Gasteiger partial charge in [-0.05, 0) is 57.6 Å². The van der Waals surface area contributed by atoms with E-state index < -0.39 is 0 Å². The molecular weight excluding hydrogens is 426 g/mol. The largest absolute Gasteiger partial charge is 0.450 e. The molecule has 0 radical (unpaired) electrons. The Morgan fingerprint density at radius 2 is 1.94 bits per heavy atom. The Morgan fingerprint density at radius 1 is 1.12 bits per heavy atom. The van der Waals surface area contributed by atoms with Crippen LogP contribution in [-0.2, 0) is 4.74 Å². The van der Waals surface area contributed by atoms with Gasteiger partial charge >= 0.3 is 6.09 Å². The summed E-state index contributed by atoms with van der Waals surface area (Å²) in [5.41, 5.74) is 2.92. The van der Waals surface area contributed by atoms with Gasteiger partial charge in [-0.15, -0.1) is 0 Å². The minimum atomic E-state index is -0.180. The summed E-state index contributed by atoms with van der Waals surface area (Å²) in [6.07, 6.45) is 15.2. The topological polar surface area (TPSA) is 51.6 Å². The van der Waals surface area contributed by atoms with Crippen molar-refractivity contribution in [3.8, 4) is 0 Å². The Bertz CT molecular complexity index is 870. The van der Waals surface area contributed by atoms with E-state index in [0.29, 0.717) is 36.4 Å². The molecule has 0 aromatic rings. The minimum Gasteiger partial charge on any atom is -0.450 e. The zero-order chi connectivity index (χ0) is 23.7. The summed E-state index contributed by atoms with van der Waals surface area (Å²) >= 11 is 0. The van der Waals surface area contributed by atoms with Crippen LogP contribution < -0.4 is 0 Å². The Morgan fingerprint density at radius 3 is 2.62 bits per heavy atom. The lowest BCUT2D eigenvalue weighted by Gasteiger charge is -2.41. The van der Waals surface area contributed by atoms with Gasteiger partial charge in [0, 0.05) is 63.9 Å². The highest BCUT2D eigenvalue weighted by molar-refractivity contribution is 5.67. The summed E-state index contributed by atoms with van der Waals surface area (Å²) in [7, 11) is 0. The van der Waals surface area contributed by atoms with Gasteiger partial charge in [-0.2, -0.15) is 5.10 Å². The van der Waals surface area contributed by atoms with E-state index in [1.165, 1.54) is 25.2 Å². The van der Waals surface area contributed by atoms with Crippen LogP contribution in [-0.4, -0.2) is 96.5 Å². The second-order valence-electron chi connectivity index (χ2n) is 10.6. The Hall–Kier alpha value is -2.12. The molecule has 0 N–H and O–H groups in total. The SMILES string of the molecule is CCOC(=O)N1CCN(C2CC=NN3CC(C4C=CC([C@@H]5CCN(C(C)C)C5)=CC4)C=C23)CC1. The Labute approximate surface area is 204 Å². The summed E-state index contributed by atoms with van der Waals surface area (Å²) < 4.78 is 5.18. The maximum Gasteiger partial charge on any atom is 0.409 e. The zero-order valence-corrected chi connectivity index (χ0v) is 21.1. The molecule has 0 spiro atoms. The fraction of sp³-hybridized carbons (Fsp3) is 0.704. The highest BCUT2D eigenvalue weighted by atomic mass is 16.6. The van der Waals surface area contributed by atoms with Crippen molar-refractivity contribution in [3.05, 3.63) is 35.6 Å². The third-order valence-electron chi connectivity index (χ3n) is 8.37. The van der Waals surface area contributed by atoms with Crippen molar-refractivity contribution >= 4 is 12.3 Å². The second kappa shape index (κ2) is 10.2. The molecule has 1 aliphatic carbocycles. The lowest BCUT2D eigenvalue weighted by atomic mass is 9.83. The highest BCUT2D eigenvalue weighted by Gasteiger charge is 2.38. The van der Waals surface area contributed by atoms with Gasteiger partial charge in [0.1, 0.15) is 0 Å². The third-order valence-corrected chi connectivity index (χ3v) is 8.37. The van der Waals surface area contributed by atoms with Gasteiger partial charge in [-0.1, -0.05) is 24.3 Å². The number of allylic oxidation sites excluding steroid dienone is 3. The summed E-state index contributed by atoms with van der Waals surface area (Å²) in [6, 6.07) is 1.01. The number of carbonyl (C=O) groups excluding carboxylic acids is 1. The number of nitrogens with zero attached hydrogens (tertiary/aromatic N) is 5. The number of amides is 1. The van der Waals surface area contributed by atoms with Gasteiger partial charge in [0.05, 0.1) is 18.3 Å². The first kappa shape index (κ1) is 23.6. The average Bonchev–Trinajstić information content (AvgIpc) is 3.52. The number of hydrogen-bond donors (Lipinski definition) is 0. The normalized spacial score (nSPS) is 32.2. The maximum atomic E-state index is 12.1. The van der Waals surface area contributed by atoms with Gasteiger partial charge in [-0.3, -0.25) is 9.91 Å². The van der Waals surface area contributed by atoms with Gasteiger partial charge in [0.2, 0.25) is 0 Å². The van der Waals surface area contributed by atoms with Crippen molar-refractivity contribution in [2.45, 2.75) is 52.1 Å². The van der Waals surface area contributed by atoms with Crippen molar-refractivity contribution < 1.29 is 9.53 Å². The molecule has 0 aromatic carbocycles. The van der Waals surface area contributed by atoms with Crippen molar-refractivity contribution in [1.82, 2.24) is 19.7 Å². The second-order valence-corrected chi connectivity index (χ2v) is 10.6. The fourth-order valence-corrected chi connectivity index (χ4v) is 6.25. The number of fused-ring (bicyclic) bond motifs is 1. The first-order valence-corrected chi connectivity index (χ1v) is 13.3. The molecule has 2 fully saturated rings. The van der Waals surface area contributed by atoms with Crippen LogP contribution in [0.15, 0.2) is 40.7 Å². The molecule has 2 saturated heterocycles. The van der Waals surface area contributed by atoms with Crippen LogP contribution in [0.5, 0.6) is 0 Å². The van der Waals surface area contributed by atoms with Crippen LogP contribution in [0.1, 0.15) is 40.0 Å². The van der Waals surface area contributed by atoms with Crippen molar-refractivity contribution in [1.29, 1.82) is 0 Å². The molecule has 7 heteroatoms. The van der Waals surface area contributed by atoms with E-state index >= 15 is 0 Å². The number of piperazine rings is 1.